The summed E-state index contributed by atoms with van der Waals surface area (Å²) in [4.78, 5) is 12.1. The third-order valence-corrected chi connectivity index (χ3v) is 4.42. The Bertz CT molecular complexity index is 265. The maximum atomic E-state index is 12.1. The number of nitrogens with two attached hydrogens (primary N) is 1. The molecule has 0 aromatic heterocycles. The summed E-state index contributed by atoms with van der Waals surface area (Å²) in [6, 6.07) is 0. The number of hydrogen-bond donors (Lipinski definition) is 2. The van der Waals surface area contributed by atoms with Crippen molar-refractivity contribution in [1.82, 2.24) is 5.32 Å². The van der Waals surface area contributed by atoms with Crippen LogP contribution in [0.4, 0.5) is 0 Å². The van der Waals surface area contributed by atoms with Crippen LogP contribution in [0.25, 0.3) is 0 Å². The summed E-state index contributed by atoms with van der Waals surface area (Å²) in [7, 11) is 0. The highest BCUT2D eigenvalue weighted by Gasteiger charge is 2.29. The molecule has 0 spiro atoms. The van der Waals surface area contributed by atoms with Crippen LogP contribution in [-0.4, -0.2) is 32.2 Å². The molecule has 2 rings (SSSR count). The molecule has 3 unspecified atom stereocenters. The molecule has 0 radical (unpaired) electrons. The highest BCUT2D eigenvalue weighted by atomic mass is 16.5. The monoisotopic (exact) mass is 254 g/mol. The topological polar surface area (TPSA) is 64.4 Å². The second-order valence-electron chi connectivity index (χ2n) is 5.70. The molecule has 0 bridgehead atoms. The molecule has 1 aliphatic heterocycles. The van der Waals surface area contributed by atoms with Gasteiger partial charge in [0.2, 0.25) is 5.91 Å². The number of amides is 1. The van der Waals surface area contributed by atoms with Crippen LogP contribution in [0.1, 0.15) is 38.5 Å². The molecule has 2 fully saturated rings. The lowest BCUT2D eigenvalue weighted by Gasteiger charge is -2.29. The smallest absolute Gasteiger partial charge is 0.223 e. The van der Waals surface area contributed by atoms with Gasteiger partial charge in [-0.3, -0.25) is 4.79 Å². The average Bonchev–Trinajstić information content (AvgIpc) is 2.91. The Morgan fingerprint density at radius 3 is 2.83 bits per heavy atom. The highest BCUT2D eigenvalue weighted by molar-refractivity contribution is 5.79. The van der Waals surface area contributed by atoms with Gasteiger partial charge in [0.1, 0.15) is 0 Å². The van der Waals surface area contributed by atoms with E-state index in [9.17, 15) is 4.79 Å². The van der Waals surface area contributed by atoms with E-state index >= 15 is 0 Å². The Morgan fingerprint density at radius 2 is 2.11 bits per heavy atom. The van der Waals surface area contributed by atoms with E-state index in [2.05, 4.69) is 5.32 Å². The molecule has 4 nitrogen and oxygen atoms in total. The molecule has 1 amide bonds. The quantitative estimate of drug-likeness (QED) is 0.777. The molecule has 3 N–H and O–H groups in total. The molecule has 1 saturated carbocycles. The summed E-state index contributed by atoms with van der Waals surface area (Å²) in [5.41, 5.74) is 5.76. The third-order valence-electron chi connectivity index (χ3n) is 4.42. The third kappa shape index (κ3) is 3.69. The van der Waals surface area contributed by atoms with Gasteiger partial charge in [0.05, 0.1) is 0 Å². The summed E-state index contributed by atoms with van der Waals surface area (Å²) in [6.45, 7) is 3.19. The van der Waals surface area contributed by atoms with Crippen LogP contribution < -0.4 is 11.1 Å². The molecular weight excluding hydrogens is 228 g/mol. The molecular formula is C14H26N2O2. The van der Waals surface area contributed by atoms with E-state index < -0.39 is 0 Å². The number of ether oxygens (including phenoxy) is 1. The Hall–Kier alpha value is -0.610. The highest BCUT2D eigenvalue weighted by Crippen LogP contribution is 2.29. The van der Waals surface area contributed by atoms with Crippen molar-refractivity contribution in [3.63, 3.8) is 0 Å². The van der Waals surface area contributed by atoms with Crippen LogP contribution in [0.5, 0.6) is 0 Å². The first-order valence-electron chi connectivity index (χ1n) is 7.36. The Balaban J connectivity index is 1.69. The molecule has 2 aliphatic rings. The normalized spacial score (nSPS) is 32.4. The average molecular weight is 254 g/mol. The van der Waals surface area contributed by atoms with Gasteiger partial charge >= 0.3 is 0 Å². The molecule has 1 saturated heterocycles. The van der Waals surface area contributed by atoms with Crippen molar-refractivity contribution in [2.75, 3.05) is 26.3 Å². The van der Waals surface area contributed by atoms with E-state index in [4.69, 9.17) is 10.5 Å². The summed E-state index contributed by atoms with van der Waals surface area (Å²) in [5, 5.41) is 3.09. The van der Waals surface area contributed by atoms with Crippen LogP contribution in [0.3, 0.4) is 0 Å². The van der Waals surface area contributed by atoms with Gasteiger partial charge in [-0.1, -0.05) is 12.8 Å². The zero-order chi connectivity index (χ0) is 12.8. The van der Waals surface area contributed by atoms with Crippen LogP contribution in [-0.2, 0) is 9.53 Å². The first-order valence-corrected chi connectivity index (χ1v) is 7.36. The van der Waals surface area contributed by atoms with Crippen molar-refractivity contribution in [2.45, 2.75) is 38.5 Å². The van der Waals surface area contributed by atoms with E-state index in [1.54, 1.807) is 0 Å². The predicted octanol–water partition coefficient (Wildman–Crippen LogP) is 1.29. The number of carbonyl (C=O) groups excluding carboxylic acids is 1. The van der Waals surface area contributed by atoms with Gasteiger partial charge in [0.15, 0.2) is 0 Å². The largest absolute Gasteiger partial charge is 0.381 e. The molecule has 4 heteroatoms. The molecule has 0 aromatic rings. The zero-order valence-corrected chi connectivity index (χ0v) is 11.2. The number of hydrogen-bond acceptors (Lipinski definition) is 3. The van der Waals surface area contributed by atoms with Crippen molar-refractivity contribution in [2.24, 2.45) is 23.5 Å². The van der Waals surface area contributed by atoms with Crippen LogP contribution >= 0.6 is 0 Å². The van der Waals surface area contributed by atoms with E-state index in [-0.39, 0.29) is 11.8 Å². The molecule has 0 aromatic carbocycles. The van der Waals surface area contributed by atoms with E-state index in [1.807, 2.05) is 0 Å². The summed E-state index contributed by atoms with van der Waals surface area (Å²) in [6.07, 6.45) is 6.72. The van der Waals surface area contributed by atoms with Crippen molar-refractivity contribution in [3.05, 3.63) is 0 Å². The molecule has 1 aliphatic carbocycles. The number of rotatable bonds is 5. The lowest BCUT2D eigenvalue weighted by molar-refractivity contribution is -0.127. The van der Waals surface area contributed by atoms with Gasteiger partial charge in [0, 0.05) is 25.7 Å². The second-order valence-corrected chi connectivity index (χ2v) is 5.70. The number of nitrogens with one attached hydrogen (secondary N) is 1. The Kier molecular flexibility index (Phi) is 5.45. The molecule has 18 heavy (non-hydrogen) atoms. The summed E-state index contributed by atoms with van der Waals surface area (Å²) >= 11 is 0. The van der Waals surface area contributed by atoms with Gasteiger partial charge in [-0.15, -0.1) is 0 Å². The minimum absolute atomic E-state index is 0.156. The fourth-order valence-electron chi connectivity index (χ4n) is 3.18. The summed E-state index contributed by atoms with van der Waals surface area (Å²) < 4.78 is 5.34. The standard InChI is InChI=1S/C14H26N2O2/c15-9-12-3-1-2-4-13(12)14(17)16-7-5-11-6-8-18-10-11/h11-13H,1-10,15H2,(H,16,17). The van der Waals surface area contributed by atoms with E-state index in [1.165, 1.54) is 12.8 Å². The lowest BCUT2D eigenvalue weighted by atomic mass is 9.78. The Labute approximate surface area is 110 Å². The maximum Gasteiger partial charge on any atom is 0.223 e. The summed E-state index contributed by atoms with van der Waals surface area (Å²) in [5.74, 6) is 1.42. The first kappa shape index (κ1) is 13.8. The molecule has 3 atom stereocenters. The van der Waals surface area contributed by atoms with Gasteiger partial charge in [-0.25, -0.2) is 0 Å². The van der Waals surface area contributed by atoms with Crippen LogP contribution in [0, 0.1) is 17.8 Å². The van der Waals surface area contributed by atoms with Gasteiger partial charge in [-0.05, 0) is 44.1 Å². The number of carbonyl (C=O) groups is 1. The van der Waals surface area contributed by atoms with E-state index in [0.29, 0.717) is 18.4 Å². The van der Waals surface area contributed by atoms with Crippen LogP contribution in [0.2, 0.25) is 0 Å². The van der Waals surface area contributed by atoms with E-state index in [0.717, 1.165) is 45.4 Å². The minimum Gasteiger partial charge on any atom is -0.381 e. The fraction of sp³-hybridized carbons (Fsp3) is 0.929. The first-order chi connectivity index (χ1) is 8.81. The van der Waals surface area contributed by atoms with Crippen molar-refractivity contribution < 1.29 is 9.53 Å². The van der Waals surface area contributed by atoms with Crippen molar-refractivity contribution in [3.8, 4) is 0 Å². The van der Waals surface area contributed by atoms with Crippen molar-refractivity contribution in [1.29, 1.82) is 0 Å². The lowest BCUT2D eigenvalue weighted by Crippen LogP contribution is -2.40. The molecule has 104 valence electrons. The van der Waals surface area contributed by atoms with Crippen LogP contribution in [0.15, 0.2) is 0 Å². The maximum absolute atomic E-state index is 12.1. The predicted molar refractivity (Wildman–Crippen MR) is 71.1 cm³/mol. The Morgan fingerprint density at radius 1 is 1.28 bits per heavy atom. The second kappa shape index (κ2) is 7.10. The SMILES string of the molecule is NCC1CCCCC1C(=O)NCCC1CCOC1. The zero-order valence-electron chi connectivity index (χ0n) is 11.2. The fourth-order valence-corrected chi connectivity index (χ4v) is 3.18. The molecule has 1 heterocycles. The van der Waals surface area contributed by atoms with Gasteiger partial charge in [-0.2, -0.15) is 0 Å². The minimum atomic E-state index is 0.156. The van der Waals surface area contributed by atoms with Gasteiger partial charge in [0.25, 0.3) is 0 Å². The van der Waals surface area contributed by atoms with Crippen molar-refractivity contribution >= 4 is 5.91 Å². The van der Waals surface area contributed by atoms with Gasteiger partial charge < -0.3 is 15.8 Å².